The average Bonchev–Trinajstić information content (AvgIpc) is 2.45. The maximum Gasteiger partial charge on any atom is 0.208 e. The minimum atomic E-state index is -3.16. The van der Waals surface area contributed by atoms with E-state index in [1.165, 1.54) is 0 Å². The fourth-order valence-electron chi connectivity index (χ4n) is 1.64. The third-order valence-electron chi connectivity index (χ3n) is 2.64. The molecule has 0 saturated carbocycles. The number of nitrogens with zero attached hydrogens (tertiary/aromatic N) is 1. The predicted octanol–water partition coefficient (Wildman–Crippen LogP) is 0.988. The third kappa shape index (κ3) is 8.81. The lowest BCUT2D eigenvalue weighted by molar-refractivity contribution is 0.355. The van der Waals surface area contributed by atoms with Crippen molar-refractivity contribution < 1.29 is 17.9 Å². The molecule has 4 N–H and O–H groups in total. The number of rotatable bonds is 8. The van der Waals surface area contributed by atoms with Crippen LogP contribution >= 0.6 is 24.0 Å². The van der Waals surface area contributed by atoms with Crippen LogP contribution in [0.1, 0.15) is 6.42 Å². The number of hydrogen-bond donors (Lipinski definition) is 3. The standard InChI is InChI=1S/C13H22N4O4S.HI/c1-20-11-6-5-10(9-12(11)21-2)17-13(14)15-7-4-8-16-22(3,18)19;/h5-6,9,16H,4,7-8H2,1-3H3,(H3,14,15,17);1H. The molecule has 0 heterocycles. The second-order valence-corrected chi connectivity index (χ2v) is 6.31. The lowest BCUT2D eigenvalue weighted by atomic mass is 10.3. The molecule has 0 bridgehead atoms. The van der Waals surface area contributed by atoms with E-state index >= 15 is 0 Å². The number of methoxy groups -OCH3 is 2. The first-order valence-corrected chi connectivity index (χ1v) is 8.48. The van der Waals surface area contributed by atoms with Crippen LogP contribution in [0.15, 0.2) is 23.2 Å². The molecule has 23 heavy (non-hydrogen) atoms. The summed E-state index contributed by atoms with van der Waals surface area (Å²) in [4.78, 5) is 4.11. The number of benzene rings is 1. The average molecular weight is 458 g/mol. The number of anilines is 1. The topological polar surface area (TPSA) is 115 Å². The van der Waals surface area contributed by atoms with Crippen LogP contribution in [-0.2, 0) is 10.0 Å². The highest BCUT2D eigenvalue weighted by atomic mass is 127. The number of aliphatic imine (C=N–C) groups is 1. The van der Waals surface area contributed by atoms with Gasteiger partial charge in [-0.1, -0.05) is 0 Å². The predicted molar refractivity (Wildman–Crippen MR) is 103 cm³/mol. The van der Waals surface area contributed by atoms with Gasteiger partial charge in [-0.05, 0) is 18.6 Å². The van der Waals surface area contributed by atoms with Crippen LogP contribution < -0.4 is 25.2 Å². The van der Waals surface area contributed by atoms with Crippen LogP contribution in [-0.4, -0.2) is 47.9 Å². The van der Waals surface area contributed by atoms with Crippen LogP contribution in [0.2, 0.25) is 0 Å². The van der Waals surface area contributed by atoms with Gasteiger partial charge in [-0.15, -0.1) is 24.0 Å². The number of guanidine groups is 1. The summed E-state index contributed by atoms with van der Waals surface area (Å²) in [5.74, 6) is 1.44. The summed E-state index contributed by atoms with van der Waals surface area (Å²) in [5.41, 5.74) is 6.48. The van der Waals surface area contributed by atoms with Crippen LogP contribution in [0.4, 0.5) is 5.69 Å². The maximum atomic E-state index is 10.9. The zero-order chi connectivity index (χ0) is 16.6. The molecular formula is C13H23IN4O4S. The van der Waals surface area contributed by atoms with Crippen molar-refractivity contribution in [2.24, 2.45) is 10.7 Å². The van der Waals surface area contributed by atoms with Gasteiger partial charge in [-0.3, -0.25) is 4.99 Å². The third-order valence-corrected chi connectivity index (χ3v) is 3.37. The van der Waals surface area contributed by atoms with Crippen LogP contribution in [0, 0.1) is 0 Å². The zero-order valence-electron chi connectivity index (χ0n) is 13.3. The molecule has 0 spiro atoms. The van der Waals surface area contributed by atoms with Crippen LogP contribution in [0.5, 0.6) is 11.5 Å². The van der Waals surface area contributed by atoms with Crippen molar-refractivity contribution in [1.82, 2.24) is 4.72 Å². The minimum Gasteiger partial charge on any atom is -0.493 e. The summed E-state index contributed by atoms with van der Waals surface area (Å²) in [6.45, 7) is 0.737. The Hall–Kier alpha value is -1.27. The second-order valence-electron chi connectivity index (χ2n) is 4.48. The van der Waals surface area contributed by atoms with Gasteiger partial charge in [0.05, 0.1) is 20.5 Å². The van der Waals surface area contributed by atoms with E-state index < -0.39 is 10.0 Å². The molecule has 0 saturated heterocycles. The lowest BCUT2D eigenvalue weighted by Crippen LogP contribution is -2.25. The molecule has 8 nitrogen and oxygen atoms in total. The van der Waals surface area contributed by atoms with Gasteiger partial charge in [0.15, 0.2) is 17.5 Å². The fourth-order valence-corrected chi connectivity index (χ4v) is 2.15. The van der Waals surface area contributed by atoms with Gasteiger partial charge in [0.2, 0.25) is 10.0 Å². The number of hydrogen-bond acceptors (Lipinski definition) is 5. The first-order chi connectivity index (χ1) is 10.4. The van der Waals surface area contributed by atoms with Crippen molar-refractivity contribution in [3.8, 4) is 11.5 Å². The van der Waals surface area contributed by atoms with E-state index in [-0.39, 0.29) is 29.9 Å². The number of halogens is 1. The Morgan fingerprint density at radius 2 is 1.91 bits per heavy atom. The molecule has 0 aliphatic rings. The van der Waals surface area contributed by atoms with Crippen LogP contribution in [0.25, 0.3) is 0 Å². The Bertz CT molecular complexity index is 622. The Morgan fingerprint density at radius 1 is 1.26 bits per heavy atom. The van der Waals surface area contributed by atoms with E-state index in [1.54, 1.807) is 32.4 Å². The molecule has 0 radical (unpaired) electrons. The number of nitrogens with one attached hydrogen (secondary N) is 2. The molecule has 1 aromatic carbocycles. The van der Waals surface area contributed by atoms with Crippen molar-refractivity contribution >= 4 is 45.6 Å². The smallest absolute Gasteiger partial charge is 0.208 e. The summed E-state index contributed by atoms with van der Waals surface area (Å²) in [5, 5.41) is 2.93. The summed E-state index contributed by atoms with van der Waals surface area (Å²) >= 11 is 0. The molecule has 0 amide bonds. The Morgan fingerprint density at radius 3 is 2.48 bits per heavy atom. The van der Waals surface area contributed by atoms with E-state index in [2.05, 4.69) is 15.0 Å². The number of sulfonamides is 1. The molecule has 0 atom stereocenters. The van der Waals surface area contributed by atoms with Gasteiger partial charge in [0.25, 0.3) is 0 Å². The molecule has 0 aliphatic heterocycles. The summed E-state index contributed by atoms with van der Waals surface area (Å²) in [6, 6.07) is 5.28. The van der Waals surface area contributed by atoms with Gasteiger partial charge >= 0.3 is 0 Å². The molecule has 0 aliphatic carbocycles. The quantitative estimate of drug-likeness (QED) is 0.232. The molecule has 0 aromatic heterocycles. The van der Waals surface area contributed by atoms with Gasteiger partial charge < -0.3 is 20.5 Å². The van der Waals surface area contributed by atoms with Crippen molar-refractivity contribution in [3.63, 3.8) is 0 Å². The highest BCUT2D eigenvalue weighted by molar-refractivity contribution is 14.0. The Kier molecular flexibility index (Phi) is 9.91. The number of nitrogens with two attached hydrogens (primary N) is 1. The monoisotopic (exact) mass is 458 g/mol. The first-order valence-electron chi connectivity index (χ1n) is 6.59. The first kappa shape index (κ1) is 21.7. The minimum absolute atomic E-state index is 0. The number of ether oxygens (including phenoxy) is 2. The van der Waals surface area contributed by atoms with E-state index in [0.29, 0.717) is 36.7 Å². The van der Waals surface area contributed by atoms with Gasteiger partial charge in [-0.2, -0.15) is 0 Å². The normalized spacial score (nSPS) is 11.5. The molecular weight excluding hydrogens is 435 g/mol. The molecule has 1 aromatic rings. The molecule has 0 fully saturated rings. The largest absolute Gasteiger partial charge is 0.493 e. The summed E-state index contributed by atoms with van der Waals surface area (Å²) in [6.07, 6.45) is 1.67. The van der Waals surface area contributed by atoms with Crippen molar-refractivity contribution in [2.45, 2.75) is 6.42 Å². The summed E-state index contributed by atoms with van der Waals surface area (Å²) in [7, 11) is -0.0485. The molecule has 1 rings (SSSR count). The van der Waals surface area contributed by atoms with Gasteiger partial charge in [0, 0.05) is 24.8 Å². The van der Waals surface area contributed by atoms with E-state index in [0.717, 1.165) is 6.26 Å². The lowest BCUT2D eigenvalue weighted by Gasteiger charge is -2.10. The van der Waals surface area contributed by atoms with Gasteiger partial charge in [-0.25, -0.2) is 13.1 Å². The fraction of sp³-hybridized carbons (Fsp3) is 0.462. The second kappa shape index (κ2) is 10.5. The van der Waals surface area contributed by atoms with E-state index in [1.807, 2.05) is 0 Å². The van der Waals surface area contributed by atoms with Crippen molar-refractivity contribution in [3.05, 3.63) is 18.2 Å². The molecule has 0 unspecified atom stereocenters. The SMILES string of the molecule is COc1ccc(NC(N)=NCCCNS(C)(=O)=O)cc1OC.I. The van der Waals surface area contributed by atoms with Gasteiger partial charge in [0.1, 0.15) is 0 Å². The van der Waals surface area contributed by atoms with E-state index in [4.69, 9.17) is 15.2 Å². The maximum absolute atomic E-state index is 10.9. The summed E-state index contributed by atoms with van der Waals surface area (Å²) < 4.78 is 34.5. The van der Waals surface area contributed by atoms with Crippen LogP contribution in [0.3, 0.4) is 0 Å². The zero-order valence-corrected chi connectivity index (χ0v) is 16.5. The Balaban J connectivity index is 0.00000484. The molecule has 10 heteroatoms. The van der Waals surface area contributed by atoms with E-state index in [9.17, 15) is 8.42 Å². The van der Waals surface area contributed by atoms with Crippen molar-refractivity contribution in [1.29, 1.82) is 0 Å². The van der Waals surface area contributed by atoms with Crippen molar-refractivity contribution in [2.75, 3.05) is 38.9 Å². The highest BCUT2D eigenvalue weighted by Crippen LogP contribution is 2.29. The highest BCUT2D eigenvalue weighted by Gasteiger charge is 2.05. The Labute approximate surface area is 153 Å². The molecule has 132 valence electrons.